The number of unbranched alkanes of at least 4 members (excludes halogenated alkanes) is 1. The largest absolute Gasteiger partial charge is 0.497 e. The summed E-state index contributed by atoms with van der Waals surface area (Å²) < 4.78 is 13.4. The minimum atomic E-state index is 0.132. The quantitative estimate of drug-likeness (QED) is 0.403. The Bertz CT molecular complexity index is 968. The first kappa shape index (κ1) is 22.7. The molecular weight excluding hydrogens is 390 g/mol. The minimum Gasteiger partial charge on any atom is -0.497 e. The van der Waals surface area contributed by atoms with Gasteiger partial charge in [0.25, 0.3) is 0 Å². The lowest BCUT2D eigenvalue weighted by atomic mass is 10.2. The van der Waals surface area contributed by atoms with Gasteiger partial charge < -0.3 is 19.4 Å². The highest BCUT2D eigenvalue weighted by Gasteiger charge is 2.10. The van der Waals surface area contributed by atoms with Crippen LogP contribution in [-0.2, 0) is 17.8 Å². The highest BCUT2D eigenvalue weighted by molar-refractivity contribution is 5.76. The summed E-state index contributed by atoms with van der Waals surface area (Å²) >= 11 is 0. The summed E-state index contributed by atoms with van der Waals surface area (Å²) in [6.45, 7) is 4.28. The van der Waals surface area contributed by atoms with Gasteiger partial charge in [-0.05, 0) is 49.9 Å². The molecule has 0 spiro atoms. The first-order chi connectivity index (χ1) is 15.2. The van der Waals surface area contributed by atoms with E-state index in [1.54, 1.807) is 7.11 Å². The molecule has 0 aliphatic rings. The number of rotatable bonds is 13. The van der Waals surface area contributed by atoms with Gasteiger partial charge in [0.15, 0.2) is 0 Å². The molecule has 166 valence electrons. The second kappa shape index (κ2) is 12.0. The third-order valence-electron chi connectivity index (χ3n) is 5.20. The van der Waals surface area contributed by atoms with Gasteiger partial charge in [-0.2, -0.15) is 0 Å². The van der Waals surface area contributed by atoms with Gasteiger partial charge in [0, 0.05) is 32.0 Å². The zero-order chi connectivity index (χ0) is 21.9. The highest BCUT2D eigenvalue weighted by Crippen LogP contribution is 2.20. The van der Waals surface area contributed by atoms with Gasteiger partial charge in [-0.15, -0.1) is 0 Å². The molecule has 1 amide bonds. The first-order valence-corrected chi connectivity index (χ1v) is 11.2. The Hall–Kier alpha value is -3.02. The lowest BCUT2D eigenvalue weighted by molar-refractivity contribution is -0.121. The number of para-hydroxylation sites is 2. The molecule has 3 rings (SSSR count). The Morgan fingerprint density at radius 2 is 1.90 bits per heavy atom. The molecule has 1 heterocycles. The topological polar surface area (TPSA) is 65.4 Å². The van der Waals surface area contributed by atoms with Crippen molar-refractivity contribution in [2.75, 3.05) is 20.3 Å². The molecule has 6 heteroatoms. The zero-order valence-corrected chi connectivity index (χ0v) is 18.6. The van der Waals surface area contributed by atoms with E-state index in [9.17, 15) is 4.79 Å². The second-order valence-corrected chi connectivity index (χ2v) is 7.61. The van der Waals surface area contributed by atoms with Crippen LogP contribution in [0.1, 0.15) is 44.9 Å². The summed E-state index contributed by atoms with van der Waals surface area (Å²) in [6.07, 6.45) is 5.17. The number of fused-ring (bicyclic) bond motifs is 1. The van der Waals surface area contributed by atoms with E-state index in [0.29, 0.717) is 19.6 Å². The number of nitrogens with zero attached hydrogens (tertiary/aromatic N) is 2. The number of aryl methyl sites for hydroxylation is 2. The van der Waals surface area contributed by atoms with Gasteiger partial charge in [0.2, 0.25) is 5.91 Å². The van der Waals surface area contributed by atoms with Gasteiger partial charge in [-0.25, -0.2) is 4.98 Å². The van der Waals surface area contributed by atoms with Gasteiger partial charge in [-0.3, -0.25) is 4.79 Å². The molecule has 0 unspecified atom stereocenters. The lowest BCUT2D eigenvalue weighted by Crippen LogP contribution is -2.24. The van der Waals surface area contributed by atoms with E-state index in [4.69, 9.17) is 14.5 Å². The Kier molecular flexibility index (Phi) is 8.76. The van der Waals surface area contributed by atoms with Gasteiger partial charge in [0.05, 0.1) is 24.8 Å². The fourth-order valence-corrected chi connectivity index (χ4v) is 3.61. The van der Waals surface area contributed by atoms with Crippen LogP contribution in [0.15, 0.2) is 48.5 Å². The van der Waals surface area contributed by atoms with Crippen molar-refractivity contribution >= 4 is 16.9 Å². The van der Waals surface area contributed by atoms with E-state index in [2.05, 4.69) is 28.1 Å². The molecule has 6 nitrogen and oxygen atoms in total. The fourth-order valence-electron chi connectivity index (χ4n) is 3.61. The number of ether oxygens (including phenoxy) is 2. The zero-order valence-electron chi connectivity index (χ0n) is 18.6. The number of amides is 1. The van der Waals surface area contributed by atoms with E-state index >= 15 is 0 Å². The number of aromatic nitrogens is 2. The number of hydrogen-bond donors (Lipinski definition) is 1. The summed E-state index contributed by atoms with van der Waals surface area (Å²) in [7, 11) is 1.66. The molecule has 0 atom stereocenters. The van der Waals surface area contributed by atoms with Crippen molar-refractivity contribution in [1.82, 2.24) is 14.9 Å². The van der Waals surface area contributed by atoms with Crippen LogP contribution in [0.2, 0.25) is 0 Å². The van der Waals surface area contributed by atoms with E-state index in [0.717, 1.165) is 61.5 Å². The van der Waals surface area contributed by atoms with E-state index < -0.39 is 0 Å². The summed E-state index contributed by atoms with van der Waals surface area (Å²) in [5.74, 6) is 2.85. The molecular formula is C25H33N3O3. The number of carbonyl (C=O) groups is 1. The number of carbonyl (C=O) groups excluding carboxylic acids is 1. The molecule has 1 N–H and O–H groups in total. The molecule has 31 heavy (non-hydrogen) atoms. The number of imidazole rings is 1. The Balaban J connectivity index is 1.51. The third-order valence-corrected chi connectivity index (χ3v) is 5.20. The Morgan fingerprint density at radius 3 is 2.74 bits per heavy atom. The molecule has 0 aliphatic carbocycles. The Morgan fingerprint density at radius 1 is 1.06 bits per heavy atom. The SMILES string of the molecule is CCCC(=O)NCCCc1nc2ccccc2n1CCCCOc1cccc(OC)c1. The van der Waals surface area contributed by atoms with Gasteiger partial charge >= 0.3 is 0 Å². The Labute approximate surface area is 184 Å². The molecule has 0 bridgehead atoms. The maximum absolute atomic E-state index is 11.7. The molecule has 0 aliphatic heterocycles. The van der Waals surface area contributed by atoms with Crippen LogP contribution in [0, 0.1) is 0 Å². The van der Waals surface area contributed by atoms with Crippen molar-refractivity contribution in [2.45, 2.75) is 52.0 Å². The molecule has 3 aromatic rings. The summed E-state index contributed by atoms with van der Waals surface area (Å²) in [5, 5.41) is 2.99. The summed E-state index contributed by atoms with van der Waals surface area (Å²) in [4.78, 5) is 16.5. The maximum Gasteiger partial charge on any atom is 0.219 e. The number of hydrogen-bond acceptors (Lipinski definition) is 4. The molecule has 0 radical (unpaired) electrons. The molecule has 0 saturated carbocycles. The standard InChI is InChI=1S/C25H33N3O3/c1-3-10-25(29)26-16-9-15-24-27-22-13-4-5-14-23(22)28(24)17-6-7-18-31-21-12-8-11-20(19-21)30-2/h4-5,8,11-14,19H,3,6-7,9-10,15-18H2,1-2H3,(H,26,29). The summed E-state index contributed by atoms with van der Waals surface area (Å²) in [5.41, 5.74) is 2.20. The monoisotopic (exact) mass is 423 g/mol. The lowest BCUT2D eigenvalue weighted by Gasteiger charge is -2.11. The van der Waals surface area contributed by atoms with Crippen LogP contribution in [-0.4, -0.2) is 35.7 Å². The van der Waals surface area contributed by atoms with E-state index in [1.165, 1.54) is 5.52 Å². The smallest absolute Gasteiger partial charge is 0.219 e. The van der Waals surface area contributed by atoms with Crippen LogP contribution >= 0.6 is 0 Å². The van der Waals surface area contributed by atoms with E-state index in [1.807, 2.05) is 37.3 Å². The third kappa shape index (κ3) is 6.74. The average Bonchev–Trinajstić information content (AvgIpc) is 3.14. The molecule has 2 aromatic carbocycles. The minimum absolute atomic E-state index is 0.132. The molecule has 0 saturated heterocycles. The number of nitrogens with one attached hydrogen (secondary N) is 1. The maximum atomic E-state index is 11.7. The van der Waals surface area contributed by atoms with Crippen LogP contribution in [0.3, 0.4) is 0 Å². The highest BCUT2D eigenvalue weighted by atomic mass is 16.5. The van der Waals surface area contributed by atoms with Crippen LogP contribution < -0.4 is 14.8 Å². The predicted octanol–water partition coefficient (Wildman–Crippen LogP) is 4.75. The van der Waals surface area contributed by atoms with Crippen molar-refractivity contribution in [2.24, 2.45) is 0 Å². The van der Waals surface area contributed by atoms with Crippen LogP contribution in [0.25, 0.3) is 11.0 Å². The normalized spacial score (nSPS) is 10.9. The van der Waals surface area contributed by atoms with Crippen molar-refractivity contribution in [3.05, 3.63) is 54.4 Å². The number of methoxy groups -OCH3 is 1. The fraction of sp³-hybridized carbons (Fsp3) is 0.440. The van der Waals surface area contributed by atoms with Crippen molar-refractivity contribution in [1.29, 1.82) is 0 Å². The van der Waals surface area contributed by atoms with Crippen LogP contribution in [0.5, 0.6) is 11.5 Å². The van der Waals surface area contributed by atoms with E-state index in [-0.39, 0.29) is 5.91 Å². The predicted molar refractivity (Wildman–Crippen MR) is 124 cm³/mol. The van der Waals surface area contributed by atoms with Crippen molar-refractivity contribution in [3.8, 4) is 11.5 Å². The van der Waals surface area contributed by atoms with Gasteiger partial charge in [-0.1, -0.05) is 25.1 Å². The first-order valence-electron chi connectivity index (χ1n) is 11.2. The number of benzene rings is 2. The molecule has 0 fully saturated rings. The van der Waals surface area contributed by atoms with Crippen molar-refractivity contribution in [3.63, 3.8) is 0 Å². The summed E-state index contributed by atoms with van der Waals surface area (Å²) in [6, 6.07) is 16.0. The van der Waals surface area contributed by atoms with Gasteiger partial charge in [0.1, 0.15) is 17.3 Å². The molecule has 1 aromatic heterocycles. The van der Waals surface area contributed by atoms with Crippen molar-refractivity contribution < 1.29 is 14.3 Å². The second-order valence-electron chi connectivity index (χ2n) is 7.61. The average molecular weight is 424 g/mol. The van der Waals surface area contributed by atoms with Crippen LogP contribution in [0.4, 0.5) is 0 Å².